The molecule has 2 aromatic rings. The number of aromatic nitrogens is 1. The number of benzene rings is 1. The highest BCUT2D eigenvalue weighted by Gasteiger charge is 2.20. The van der Waals surface area contributed by atoms with Crippen molar-refractivity contribution in [3.05, 3.63) is 54.4 Å². The van der Waals surface area contributed by atoms with Crippen molar-refractivity contribution in [1.82, 2.24) is 4.98 Å². The normalized spacial score (nSPS) is 12.6. The van der Waals surface area contributed by atoms with E-state index in [9.17, 15) is 13.2 Å². The summed E-state index contributed by atoms with van der Waals surface area (Å²) < 4.78 is 24.9. The van der Waals surface area contributed by atoms with Gasteiger partial charge >= 0.3 is 0 Å². The lowest BCUT2D eigenvalue weighted by atomic mass is 10.1. The summed E-state index contributed by atoms with van der Waals surface area (Å²) in [6.45, 7) is 3.24. The number of carbonyl (C=O) groups is 1. The SMILES string of the molecule is CC(=O)Nc1ccc(S(=O)(=O)CC(C)c2ccccn2)cc1. The van der Waals surface area contributed by atoms with Crippen molar-refractivity contribution < 1.29 is 13.2 Å². The highest BCUT2D eigenvalue weighted by molar-refractivity contribution is 7.91. The summed E-state index contributed by atoms with van der Waals surface area (Å²) in [6, 6.07) is 11.6. The lowest BCUT2D eigenvalue weighted by Crippen LogP contribution is -2.14. The second-order valence-electron chi connectivity index (χ2n) is 5.14. The minimum absolute atomic E-state index is 0.0104. The fourth-order valence-electron chi connectivity index (χ4n) is 2.13. The largest absolute Gasteiger partial charge is 0.326 e. The molecule has 6 heteroatoms. The zero-order valence-corrected chi connectivity index (χ0v) is 13.3. The molecule has 1 aromatic carbocycles. The number of nitrogens with one attached hydrogen (secondary N) is 1. The van der Waals surface area contributed by atoms with Crippen molar-refractivity contribution in [2.45, 2.75) is 24.7 Å². The topological polar surface area (TPSA) is 76.1 Å². The lowest BCUT2D eigenvalue weighted by Gasteiger charge is -2.12. The molecule has 116 valence electrons. The van der Waals surface area contributed by atoms with Gasteiger partial charge in [0.1, 0.15) is 0 Å². The molecule has 1 aromatic heterocycles. The van der Waals surface area contributed by atoms with Crippen LogP contribution in [-0.4, -0.2) is 25.1 Å². The first-order valence-electron chi connectivity index (χ1n) is 6.90. The number of hydrogen-bond donors (Lipinski definition) is 1. The van der Waals surface area contributed by atoms with Crippen LogP contribution in [0.3, 0.4) is 0 Å². The number of carbonyl (C=O) groups excluding carboxylic acids is 1. The Hall–Kier alpha value is -2.21. The van der Waals surface area contributed by atoms with Gasteiger partial charge in [-0.3, -0.25) is 9.78 Å². The lowest BCUT2D eigenvalue weighted by molar-refractivity contribution is -0.114. The molecule has 1 unspecified atom stereocenters. The molecular weight excluding hydrogens is 300 g/mol. The molecule has 0 saturated heterocycles. The van der Waals surface area contributed by atoms with Gasteiger partial charge in [-0.05, 0) is 36.4 Å². The molecule has 1 atom stereocenters. The first-order chi connectivity index (χ1) is 10.4. The van der Waals surface area contributed by atoms with E-state index in [-0.39, 0.29) is 22.5 Å². The van der Waals surface area contributed by atoms with Crippen LogP contribution < -0.4 is 5.32 Å². The molecule has 1 amide bonds. The van der Waals surface area contributed by atoms with E-state index in [1.165, 1.54) is 19.1 Å². The zero-order chi connectivity index (χ0) is 16.2. The van der Waals surface area contributed by atoms with Crippen molar-refractivity contribution >= 4 is 21.4 Å². The number of sulfone groups is 1. The minimum Gasteiger partial charge on any atom is -0.326 e. The second-order valence-corrected chi connectivity index (χ2v) is 7.18. The van der Waals surface area contributed by atoms with Gasteiger partial charge in [0, 0.05) is 30.4 Å². The summed E-state index contributed by atoms with van der Waals surface area (Å²) in [6.07, 6.45) is 1.65. The molecule has 0 aliphatic rings. The molecule has 0 saturated carbocycles. The standard InChI is InChI=1S/C16H18N2O3S/c1-12(16-5-3-4-10-17-16)11-22(20,21)15-8-6-14(7-9-15)18-13(2)19/h3-10,12H,11H2,1-2H3,(H,18,19). The van der Waals surface area contributed by atoms with E-state index >= 15 is 0 Å². The summed E-state index contributed by atoms with van der Waals surface area (Å²) in [5.74, 6) is -0.399. The number of hydrogen-bond acceptors (Lipinski definition) is 4. The maximum absolute atomic E-state index is 12.4. The van der Waals surface area contributed by atoms with Crippen LogP contribution in [0.15, 0.2) is 53.6 Å². The Morgan fingerprint density at radius 2 is 1.86 bits per heavy atom. The molecule has 0 spiro atoms. The van der Waals surface area contributed by atoms with E-state index in [0.29, 0.717) is 5.69 Å². The smallest absolute Gasteiger partial charge is 0.221 e. The molecule has 0 bridgehead atoms. The van der Waals surface area contributed by atoms with E-state index in [1.54, 1.807) is 24.4 Å². The third kappa shape index (κ3) is 4.14. The van der Waals surface area contributed by atoms with Crippen molar-refractivity contribution in [3.63, 3.8) is 0 Å². The van der Waals surface area contributed by atoms with Crippen molar-refractivity contribution in [1.29, 1.82) is 0 Å². The van der Waals surface area contributed by atoms with E-state index < -0.39 is 9.84 Å². The molecule has 0 aliphatic carbocycles. The van der Waals surface area contributed by atoms with E-state index in [1.807, 2.05) is 19.1 Å². The van der Waals surface area contributed by atoms with Crippen molar-refractivity contribution in [2.75, 3.05) is 11.1 Å². The van der Waals surface area contributed by atoms with Gasteiger partial charge in [-0.1, -0.05) is 13.0 Å². The monoisotopic (exact) mass is 318 g/mol. The van der Waals surface area contributed by atoms with E-state index in [4.69, 9.17) is 0 Å². The predicted molar refractivity (Wildman–Crippen MR) is 85.5 cm³/mol. The summed E-state index contributed by atoms with van der Waals surface area (Å²) in [5, 5.41) is 2.61. The molecular formula is C16H18N2O3S. The Kier molecular flexibility index (Phi) is 4.92. The zero-order valence-electron chi connectivity index (χ0n) is 12.5. The molecule has 5 nitrogen and oxygen atoms in total. The van der Waals surface area contributed by atoms with Crippen LogP contribution >= 0.6 is 0 Å². The Morgan fingerprint density at radius 1 is 1.18 bits per heavy atom. The van der Waals surface area contributed by atoms with Crippen LogP contribution in [0.1, 0.15) is 25.5 Å². The Labute approximate surface area is 130 Å². The van der Waals surface area contributed by atoms with Gasteiger partial charge in [0.25, 0.3) is 0 Å². The predicted octanol–water partition coefficient (Wildman–Crippen LogP) is 2.62. The van der Waals surface area contributed by atoms with Crippen molar-refractivity contribution in [3.8, 4) is 0 Å². The molecule has 1 heterocycles. The number of rotatable bonds is 5. The molecule has 0 fully saturated rings. The molecule has 2 rings (SSSR count). The first-order valence-corrected chi connectivity index (χ1v) is 8.55. The average molecular weight is 318 g/mol. The molecule has 22 heavy (non-hydrogen) atoms. The summed E-state index contributed by atoms with van der Waals surface area (Å²) in [4.78, 5) is 15.4. The highest BCUT2D eigenvalue weighted by Crippen LogP contribution is 2.21. The Morgan fingerprint density at radius 3 is 2.41 bits per heavy atom. The fraction of sp³-hybridized carbons (Fsp3) is 0.250. The van der Waals surface area contributed by atoms with Crippen LogP contribution in [0.25, 0.3) is 0 Å². The molecule has 1 N–H and O–H groups in total. The fourth-order valence-corrected chi connectivity index (χ4v) is 3.70. The Balaban J connectivity index is 2.15. The van der Waals surface area contributed by atoms with Gasteiger partial charge < -0.3 is 5.32 Å². The maximum Gasteiger partial charge on any atom is 0.221 e. The quantitative estimate of drug-likeness (QED) is 0.919. The summed E-state index contributed by atoms with van der Waals surface area (Å²) in [7, 11) is -3.41. The van der Waals surface area contributed by atoms with Gasteiger partial charge in [0.05, 0.1) is 10.6 Å². The first kappa shape index (κ1) is 16.2. The maximum atomic E-state index is 12.4. The van der Waals surface area contributed by atoms with Crippen molar-refractivity contribution in [2.24, 2.45) is 0 Å². The van der Waals surface area contributed by atoms with Gasteiger partial charge in [0.15, 0.2) is 9.84 Å². The third-order valence-corrected chi connectivity index (χ3v) is 5.13. The highest BCUT2D eigenvalue weighted by atomic mass is 32.2. The Bertz CT molecular complexity index is 741. The summed E-state index contributed by atoms with van der Waals surface area (Å²) >= 11 is 0. The van der Waals surface area contributed by atoms with Crippen LogP contribution in [-0.2, 0) is 14.6 Å². The average Bonchev–Trinajstić information content (AvgIpc) is 2.47. The molecule has 0 radical (unpaired) electrons. The second kappa shape index (κ2) is 6.70. The number of pyridine rings is 1. The minimum atomic E-state index is -3.41. The van der Waals surface area contributed by atoms with Gasteiger partial charge in [-0.25, -0.2) is 8.42 Å². The van der Waals surface area contributed by atoms with Gasteiger partial charge in [0.2, 0.25) is 5.91 Å². The van der Waals surface area contributed by atoms with Crippen LogP contribution in [0.4, 0.5) is 5.69 Å². The van der Waals surface area contributed by atoms with Crippen LogP contribution in [0, 0.1) is 0 Å². The van der Waals surface area contributed by atoms with E-state index in [0.717, 1.165) is 5.69 Å². The molecule has 0 aliphatic heterocycles. The number of anilines is 1. The van der Waals surface area contributed by atoms with Crippen LogP contribution in [0.2, 0.25) is 0 Å². The third-order valence-electron chi connectivity index (χ3n) is 3.20. The number of amides is 1. The van der Waals surface area contributed by atoms with Gasteiger partial charge in [-0.2, -0.15) is 0 Å². The summed E-state index contributed by atoms with van der Waals surface area (Å²) in [5.41, 5.74) is 1.32. The van der Waals surface area contributed by atoms with Gasteiger partial charge in [-0.15, -0.1) is 0 Å². The van der Waals surface area contributed by atoms with Crippen LogP contribution in [0.5, 0.6) is 0 Å². The van der Waals surface area contributed by atoms with E-state index in [2.05, 4.69) is 10.3 Å². The number of nitrogens with zero attached hydrogens (tertiary/aromatic N) is 1.